The van der Waals surface area contributed by atoms with Crippen LogP contribution >= 0.6 is 11.3 Å². The van der Waals surface area contributed by atoms with Gasteiger partial charge in [-0.3, -0.25) is 9.97 Å². The minimum absolute atomic E-state index is 0. The Morgan fingerprint density at radius 2 is 1.28 bits per heavy atom. The molecule has 0 radical (unpaired) electrons. The largest absolute Gasteiger partial charge is 2.00 e. The number of hydrogen-bond acceptors (Lipinski definition) is 5. The zero-order chi connectivity index (χ0) is 37.6. The van der Waals surface area contributed by atoms with Crippen LogP contribution in [0.4, 0.5) is 17.1 Å². The van der Waals surface area contributed by atoms with Crippen LogP contribution in [0.2, 0.25) is 0 Å². The Labute approximate surface area is 351 Å². The Kier molecular flexibility index (Phi) is 9.66. The van der Waals surface area contributed by atoms with Gasteiger partial charge in [0.15, 0.2) is 0 Å². The average molecular weight is 933 g/mol. The summed E-state index contributed by atoms with van der Waals surface area (Å²) in [7, 11) is 0. The summed E-state index contributed by atoms with van der Waals surface area (Å²) in [6.45, 7) is 4.31. The van der Waals surface area contributed by atoms with E-state index in [1.807, 2.05) is 24.4 Å². The minimum Gasteiger partial charge on any atom is -0.503 e. The molecular formula is C51H35N3OPtS. The predicted molar refractivity (Wildman–Crippen MR) is 228 cm³/mol. The van der Waals surface area contributed by atoms with Crippen LogP contribution in [0.25, 0.3) is 31.9 Å². The van der Waals surface area contributed by atoms with Crippen LogP contribution in [0.15, 0.2) is 176 Å². The number of rotatable bonds is 7. The van der Waals surface area contributed by atoms with Gasteiger partial charge in [0.25, 0.3) is 0 Å². The van der Waals surface area contributed by atoms with E-state index in [-0.39, 0.29) is 21.1 Å². The normalized spacial score (nSPS) is 12.7. The zero-order valence-electron chi connectivity index (χ0n) is 31.2. The molecule has 0 aliphatic carbocycles. The Hall–Kier alpha value is -6.13. The molecule has 2 aromatic heterocycles. The summed E-state index contributed by atoms with van der Waals surface area (Å²) in [5.41, 5.74) is 13.0. The van der Waals surface area contributed by atoms with E-state index in [2.05, 4.69) is 183 Å². The number of pyridine rings is 1. The molecule has 4 nitrogen and oxygen atoms in total. The van der Waals surface area contributed by atoms with Gasteiger partial charge in [-0.15, -0.1) is 29.3 Å². The maximum absolute atomic E-state index is 6.87. The molecule has 3 heterocycles. The van der Waals surface area contributed by atoms with E-state index in [0.29, 0.717) is 11.5 Å². The molecule has 0 N–H and O–H groups in total. The number of fused-ring (bicyclic) bond motifs is 3. The second-order valence-corrected chi connectivity index (χ2v) is 15.1. The first-order valence-corrected chi connectivity index (χ1v) is 19.6. The van der Waals surface area contributed by atoms with Gasteiger partial charge in [0, 0.05) is 33.1 Å². The van der Waals surface area contributed by atoms with Crippen molar-refractivity contribution in [3.8, 4) is 33.2 Å². The molecule has 276 valence electrons. The van der Waals surface area contributed by atoms with Crippen molar-refractivity contribution < 1.29 is 25.8 Å². The number of aromatic nitrogens is 2. The quantitative estimate of drug-likeness (QED) is 0.149. The molecule has 7 aromatic carbocycles. The Balaban J connectivity index is 0.00000422. The fraction of sp³-hybridized carbons (Fsp3) is 0.0588. The summed E-state index contributed by atoms with van der Waals surface area (Å²) >= 11 is 1.66. The SMILES string of the molecule is Cc1cccc(C)c1-c1cc(Oc2[c-]c(C3(c4ccccn4)c4ccccc4N(c4ccccc4)c4ccccc43)ccc2)[c-]c(-c2nc3ccccc3s2)c1.[Pt+2]. The number of ether oxygens (including phenoxy) is 1. The second kappa shape index (κ2) is 15.1. The summed E-state index contributed by atoms with van der Waals surface area (Å²) in [4.78, 5) is 12.5. The molecule has 0 saturated heterocycles. The summed E-state index contributed by atoms with van der Waals surface area (Å²) in [6, 6.07) is 66.5. The van der Waals surface area contributed by atoms with Gasteiger partial charge in [0.2, 0.25) is 0 Å². The molecule has 10 rings (SSSR count). The van der Waals surface area contributed by atoms with Gasteiger partial charge in [-0.05, 0) is 90.2 Å². The maximum atomic E-state index is 6.87. The van der Waals surface area contributed by atoms with Gasteiger partial charge < -0.3 is 9.64 Å². The first kappa shape index (κ1) is 36.5. The molecule has 0 bridgehead atoms. The Bertz CT molecular complexity index is 2790. The smallest absolute Gasteiger partial charge is 0.503 e. The molecule has 0 unspecified atom stereocenters. The molecule has 0 amide bonds. The van der Waals surface area contributed by atoms with Crippen molar-refractivity contribution in [2.45, 2.75) is 19.3 Å². The topological polar surface area (TPSA) is 38.2 Å². The first-order valence-electron chi connectivity index (χ1n) is 18.7. The van der Waals surface area contributed by atoms with Crippen LogP contribution < -0.4 is 9.64 Å². The molecule has 0 fully saturated rings. The van der Waals surface area contributed by atoms with Crippen molar-refractivity contribution in [1.82, 2.24) is 9.97 Å². The van der Waals surface area contributed by atoms with Crippen LogP contribution in [-0.4, -0.2) is 9.97 Å². The van der Waals surface area contributed by atoms with Gasteiger partial charge >= 0.3 is 21.1 Å². The summed E-state index contributed by atoms with van der Waals surface area (Å²) in [5.74, 6) is 1.18. The third-order valence-electron chi connectivity index (χ3n) is 10.7. The molecule has 0 spiro atoms. The number of anilines is 3. The Morgan fingerprint density at radius 1 is 0.614 bits per heavy atom. The van der Waals surface area contributed by atoms with Gasteiger partial charge in [-0.2, -0.15) is 23.5 Å². The van der Waals surface area contributed by atoms with Crippen LogP contribution in [0.1, 0.15) is 33.5 Å². The van der Waals surface area contributed by atoms with E-state index in [0.717, 1.165) is 65.8 Å². The third-order valence-corrected chi connectivity index (χ3v) is 11.8. The van der Waals surface area contributed by atoms with Crippen molar-refractivity contribution in [2.75, 3.05) is 4.90 Å². The van der Waals surface area contributed by atoms with Crippen molar-refractivity contribution in [3.05, 3.63) is 222 Å². The molecule has 1 aliphatic rings. The summed E-state index contributed by atoms with van der Waals surface area (Å²) in [6.07, 6.45) is 1.88. The third kappa shape index (κ3) is 6.28. The van der Waals surface area contributed by atoms with E-state index in [4.69, 9.17) is 14.7 Å². The van der Waals surface area contributed by atoms with Gasteiger partial charge in [-0.1, -0.05) is 109 Å². The van der Waals surface area contributed by atoms with E-state index in [1.165, 1.54) is 16.7 Å². The van der Waals surface area contributed by atoms with Crippen LogP contribution in [0, 0.1) is 26.0 Å². The predicted octanol–water partition coefficient (Wildman–Crippen LogP) is 13.2. The van der Waals surface area contributed by atoms with Crippen molar-refractivity contribution in [1.29, 1.82) is 0 Å². The molecule has 1 aliphatic heterocycles. The molecule has 9 aromatic rings. The van der Waals surface area contributed by atoms with Crippen LogP contribution in [0.3, 0.4) is 0 Å². The van der Waals surface area contributed by atoms with Gasteiger partial charge in [0.05, 0.1) is 28.0 Å². The zero-order valence-corrected chi connectivity index (χ0v) is 34.3. The van der Waals surface area contributed by atoms with Gasteiger partial charge in [-0.25, -0.2) is 0 Å². The maximum Gasteiger partial charge on any atom is 2.00 e. The van der Waals surface area contributed by atoms with E-state index < -0.39 is 5.41 Å². The minimum atomic E-state index is -0.810. The van der Waals surface area contributed by atoms with E-state index in [1.54, 1.807) is 11.3 Å². The van der Waals surface area contributed by atoms with Gasteiger partial charge in [0.1, 0.15) is 0 Å². The number of aryl methyl sites for hydroxylation is 2. The number of nitrogens with zero attached hydrogens (tertiary/aromatic N) is 3. The standard InChI is InChI=1S/C51H35N3OS.Pt/c1-34-16-14-17-35(2)49(34)36-30-37(50-53-44-24-8-11-27-47(44)56-50)32-41(31-36)55-40-21-15-18-38(33-40)51(48-28-12-13-29-52-48)42-22-6-9-25-45(42)54(39-19-4-3-5-20-39)46-26-10-7-23-43(46)51;/h3-31H,1-2H3;/q-2;+2. The number of hydrogen-bond donors (Lipinski definition) is 0. The molecule has 6 heteroatoms. The molecule has 57 heavy (non-hydrogen) atoms. The number of thiazole rings is 1. The summed E-state index contributed by atoms with van der Waals surface area (Å²) in [5, 5.41) is 0.898. The molecule has 0 saturated carbocycles. The molecular weight excluding hydrogens is 898 g/mol. The number of para-hydroxylation sites is 4. The first-order chi connectivity index (χ1) is 27.6. The summed E-state index contributed by atoms with van der Waals surface area (Å²) < 4.78 is 8.00. The van der Waals surface area contributed by atoms with Crippen molar-refractivity contribution >= 4 is 38.6 Å². The average Bonchev–Trinajstić information content (AvgIpc) is 3.68. The monoisotopic (exact) mass is 932 g/mol. The van der Waals surface area contributed by atoms with Crippen LogP contribution in [-0.2, 0) is 26.5 Å². The van der Waals surface area contributed by atoms with E-state index in [9.17, 15) is 0 Å². The fourth-order valence-corrected chi connectivity index (χ4v) is 9.29. The Morgan fingerprint density at radius 3 is 2.00 bits per heavy atom. The van der Waals surface area contributed by atoms with Crippen molar-refractivity contribution in [3.63, 3.8) is 0 Å². The van der Waals surface area contributed by atoms with E-state index >= 15 is 0 Å². The second-order valence-electron chi connectivity index (χ2n) is 14.1. The molecule has 0 atom stereocenters. The number of benzene rings is 7. The fourth-order valence-electron chi connectivity index (χ4n) is 8.35. The van der Waals surface area contributed by atoms with Crippen LogP contribution in [0.5, 0.6) is 11.5 Å². The van der Waals surface area contributed by atoms with Crippen molar-refractivity contribution in [2.24, 2.45) is 0 Å².